The van der Waals surface area contributed by atoms with Gasteiger partial charge in [0.1, 0.15) is 33.9 Å². The van der Waals surface area contributed by atoms with E-state index in [1.807, 2.05) is 0 Å². The van der Waals surface area contributed by atoms with Gasteiger partial charge in [-0.05, 0) is 130 Å². The Morgan fingerprint density at radius 3 is 1.21 bits per heavy atom. The van der Waals surface area contributed by atoms with Crippen molar-refractivity contribution in [3.63, 3.8) is 0 Å². The second-order valence-electron chi connectivity index (χ2n) is 30.7. The van der Waals surface area contributed by atoms with Crippen molar-refractivity contribution in [3.05, 3.63) is 77.5 Å². The Hall–Kier alpha value is -10.5. The molecule has 47 nitrogen and oxygen atoms in total. The lowest BCUT2D eigenvalue weighted by Gasteiger charge is -2.43. The molecular formula is C65H91N21O26S6. The van der Waals surface area contributed by atoms with Crippen LogP contribution in [0.15, 0.2) is 49.1 Å². The molecule has 0 aliphatic carbocycles. The zero-order chi connectivity index (χ0) is 89.1. The van der Waals surface area contributed by atoms with E-state index in [0.717, 1.165) is 11.3 Å². The van der Waals surface area contributed by atoms with Gasteiger partial charge in [-0.15, -0.1) is 44.2 Å². The number of ketones is 3. The molecule has 4 amide bonds. The van der Waals surface area contributed by atoms with E-state index >= 15 is 0 Å². The fraction of sp³-hybridized carbons (Fsp3) is 0.600. The highest BCUT2D eigenvalue weighted by molar-refractivity contribution is 7.84. The lowest BCUT2D eigenvalue weighted by atomic mass is 9.84. The van der Waals surface area contributed by atoms with Crippen molar-refractivity contribution in [2.75, 3.05) is 25.4 Å². The van der Waals surface area contributed by atoms with E-state index in [1.165, 1.54) is 96.7 Å². The van der Waals surface area contributed by atoms with Gasteiger partial charge in [-0.1, -0.05) is 31.0 Å². The summed E-state index contributed by atoms with van der Waals surface area (Å²) in [7, 11) is -14.8. The van der Waals surface area contributed by atoms with Crippen LogP contribution in [0, 0.1) is 31.6 Å². The summed E-state index contributed by atoms with van der Waals surface area (Å²) < 4.78 is 118. The highest BCUT2D eigenvalue weighted by atomic mass is 32.2. The number of amides is 4. The Balaban J connectivity index is 0.000000279. The summed E-state index contributed by atoms with van der Waals surface area (Å²) in [5, 5.41) is 48.1. The van der Waals surface area contributed by atoms with E-state index in [0.29, 0.717) is 34.4 Å². The first-order valence-electron chi connectivity index (χ1n) is 35.2. The number of hydrogen-bond acceptors (Lipinski definition) is 38. The molecule has 53 heteroatoms. The molecule has 5 aromatic rings. The molecule has 5 aromatic heterocycles. The normalized spacial score (nSPS) is 18.4. The van der Waals surface area contributed by atoms with Gasteiger partial charge in [-0.2, -0.15) is 25.3 Å². The van der Waals surface area contributed by atoms with Crippen LogP contribution in [0.4, 0.5) is 9.93 Å². The average molecular weight is 1770 g/mol. The Labute approximate surface area is 687 Å². The number of aryl methyl sites for hydroxylation is 2. The number of carboxylic acids is 1. The van der Waals surface area contributed by atoms with Crippen molar-refractivity contribution >= 4 is 146 Å². The third-order valence-electron chi connectivity index (χ3n) is 16.2. The highest BCUT2D eigenvalue weighted by Gasteiger charge is 2.57. The molecule has 8 heterocycles. The van der Waals surface area contributed by atoms with Crippen LogP contribution in [0.5, 0.6) is 0 Å². The van der Waals surface area contributed by atoms with Crippen LogP contribution in [-0.4, -0.2) is 249 Å². The summed E-state index contributed by atoms with van der Waals surface area (Å²) in [6, 6.07) is -3.62. The number of hydrogen-bond donors (Lipinski definition) is 7. The number of anilines is 1. The predicted molar refractivity (Wildman–Crippen MR) is 415 cm³/mol. The lowest BCUT2D eigenvalue weighted by molar-refractivity contribution is -0.180. The smallest absolute Gasteiger partial charge is 0.407 e. The Kier molecular flexibility index (Phi) is 31.0. The minimum Gasteiger partial charge on any atom is -0.478 e. The molecule has 118 heavy (non-hydrogen) atoms. The molecule has 0 aromatic carbocycles. The summed E-state index contributed by atoms with van der Waals surface area (Å²) in [6.07, 6.45) is 1.44. The minimum atomic E-state index is -4.98. The van der Waals surface area contributed by atoms with Gasteiger partial charge in [0.2, 0.25) is 34.5 Å². The summed E-state index contributed by atoms with van der Waals surface area (Å²) in [6.45, 7) is 26.3. The monoisotopic (exact) mass is 1770 g/mol. The number of β-lactam (4-membered cyclic amide) rings is 3. The fourth-order valence-electron chi connectivity index (χ4n) is 10.5. The number of alkyl carbamates (subject to hydrolysis) is 1. The number of nitrogens with two attached hydrogens (primary N) is 2. The number of rotatable bonds is 35. The van der Waals surface area contributed by atoms with Gasteiger partial charge < -0.3 is 50.6 Å². The van der Waals surface area contributed by atoms with E-state index in [4.69, 9.17) is 45.7 Å². The van der Waals surface area contributed by atoms with Crippen molar-refractivity contribution in [1.82, 2.24) is 63.2 Å². The van der Waals surface area contributed by atoms with Crippen LogP contribution in [0.3, 0.4) is 0 Å². The Morgan fingerprint density at radius 2 is 0.890 bits per heavy atom. The molecule has 3 saturated heterocycles. The number of carboxylic acid groups (broad SMARTS) is 1. The first kappa shape index (κ1) is 96.3. The second-order valence-corrected chi connectivity index (χ2v) is 37.6. The maximum absolute atomic E-state index is 13.6. The number of ether oxygens (including phenoxy) is 3. The molecule has 3 fully saturated rings. The van der Waals surface area contributed by atoms with Gasteiger partial charge >= 0.3 is 54.9 Å². The number of oxime groups is 3. The number of azide groups is 1. The van der Waals surface area contributed by atoms with Crippen LogP contribution in [-0.2, 0) is 129 Å². The minimum absolute atomic E-state index is 0.0126. The lowest BCUT2D eigenvalue weighted by Crippen LogP contribution is -2.64. The number of carbonyl (C=O) groups is 10. The number of nitrogens with one attached hydrogen (secondary N) is 1. The zero-order valence-electron chi connectivity index (χ0n) is 66.8. The van der Waals surface area contributed by atoms with Gasteiger partial charge in [0.25, 0.3) is 0 Å². The van der Waals surface area contributed by atoms with Gasteiger partial charge in [0.15, 0.2) is 39.6 Å². The number of esters is 2. The molecule has 0 unspecified atom stereocenters. The number of carbonyl (C=O) groups excluding carboxylic acids is 9. The first-order chi connectivity index (χ1) is 54.2. The number of aliphatic carboxylic acids is 1. The summed E-state index contributed by atoms with van der Waals surface area (Å²) in [5.41, 5.74) is 12.6. The van der Waals surface area contributed by atoms with Crippen molar-refractivity contribution in [1.29, 1.82) is 0 Å². The topological polar surface area (TPSA) is 669 Å². The third-order valence-corrected chi connectivity index (χ3v) is 21.3. The molecule has 0 spiro atoms. The molecule has 0 saturated carbocycles. The van der Waals surface area contributed by atoms with Crippen LogP contribution < -0.4 is 16.8 Å². The molecule has 9 N–H and O–H groups in total. The second kappa shape index (κ2) is 38.0. The summed E-state index contributed by atoms with van der Waals surface area (Å²) in [4.78, 5) is 157. The molecule has 8 rings (SSSR count). The standard InChI is InChI=1S/C28H41N7O10S2.C19H26N6O8S2.C18H24N8O8S2/c1-16-30-19(15-46-16)22(32-45-28(8,9)24(38)43-26(2,3)4)21(36)12-18-20(35(23(18)37)47(40,41)42)14-34-13-17(31-33-34)10-11-29-25(39)44-27(5,6)7;1-10-22-12(9-34-10)15(23-33-19(5,6)17(28)32-18(2,3)4)14(26)7-11-13(8-21-24-20)25(16(11)27)35(29,30)31;1-18(2,16(29)30)34-23-14(11-8-35-17(20)21-11)13(27)5-10-12(26(15(10)28)36(31,32)33)7-25-6-9(3-4-19)22-24-25/h13,15,18,20H,10-12,14H2,1-9H3,(H,29,39)(H,40,41,42);9,11,13H,7-8H2,1-6H3,(H,29,30,31);6,8,10,12H,3-5,7,19H2,1-2H3,(H2,20,21)(H,29,30)(H,31,32,33)/b32-22-;23-15-;23-14-/t18-,20+;11-,13+;10-,12+/m000/s1. The summed E-state index contributed by atoms with van der Waals surface area (Å²) >= 11 is 3.43. The molecule has 648 valence electrons. The van der Waals surface area contributed by atoms with E-state index in [1.54, 1.807) is 81.5 Å². The average Bonchev–Trinajstić information content (AvgIpc) is 0.907. The van der Waals surface area contributed by atoms with Crippen LogP contribution in [0.1, 0.15) is 162 Å². The van der Waals surface area contributed by atoms with Crippen molar-refractivity contribution in [2.45, 2.75) is 215 Å². The van der Waals surface area contributed by atoms with E-state index < -0.39 is 191 Å². The number of thiazole rings is 3. The highest BCUT2D eigenvalue weighted by Crippen LogP contribution is 2.37. The number of aromatic nitrogens is 9. The van der Waals surface area contributed by atoms with Crippen LogP contribution in [0.2, 0.25) is 0 Å². The molecule has 3 aliphatic heterocycles. The fourth-order valence-corrected chi connectivity index (χ4v) is 15.0. The Morgan fingerprint density at radius 1 is 0.542 bits per heavy atom. The van der Waals surface area contributed by atoms with Crippen LogP contribution >= 0.6 is 34.0 Å². The quantitative estimate of drug-likeness (QED) is 0.00352. The maximum atomic E-state index is 13.6. The molecule has 3 aliphatic rings. The van der Waals surface area contributed by atoms with E-state index in [2.05, 4.69) is 66.4 Å². The van der Waals surface area contributed by atoms with Gasteiger partial charge in [0.05, 0.1) is 70.4 Å². The SMILES string of the molecule is CC(C)(O/N=C(\C(=O)C[C@@H]1C(=O)N(S(=O)(=O)O)[C@@H]1Cn1cc(CCN)nn1)c1csc(N)n1)C(=O)O.Cc1nc(/C(=N/OC(C)(C)C(=O)OC(C)(C)C)C(=O)C[C@@H]2C(=O)N(S(=O)(=O)O)[C@@H]2CN=[N+]=[N-])cs1.Cc1nc(/C(=N/OC(C)(C)C(=O)OC(C)(C)C)C(=O)C[C@@H]2C(=O)N(S(=O)(=O)O)[C@@H]2Cn2cc(CCNC(=O)OC(C)(C)C)nn2)cs1. The third kappa shape index (κ3) is 26.5. The van der Waals surface area contributed by atoms with Gasteiger partial charge in [-0.3, -0.25) is 51.8 Å². The van der Waals surface area contributed by atoms with Crippen molar-refractivity contribution in [2.24, 2.45) is 44.1 Å². The van der Waals surface area contributed by atoms with E-state index in [-0.39, 0.29) is 72.6 Å². The first-order valence-corrected chi connectivity index (χ1v) is 42.0. The molecule has 0 bridgehead atoms. The Bertz CT molecular complexity index is 5120. The molecular weight excluding hydrogens is 1680 g/mol. The van der Waals surface area contributed by atoms with Crippen molar-refractivity contribution < 1.29 is 121 Å². The number of nitrogen functional groups attached to an aromatic ring is 1. The zero-order valence-corrected chi connectivity index (χ0v) is 71.7. The number of nitrogens with zero attached hydrogens (tertiary/aromatic N) is 18. The maximum Gasteiger partial charge on any atom is 0.407 e. The molecule has 0 radical (unpaired) electrons. The molecule has 6 atom stereocenters. The summed E-state index contributed by atoms with van der Waals surface area (Å²) in [5.74, 6) is -11.7. The van der Waals surface area contributed by atoms with E-state index in [9.17, 15) is 92.0 Å². The predicted octanol–water partition coefficient (Wildman–Crippen LogP) is 3.12. The van der Waals surface area contributed by atoms with Gasteiger partial charge in [0, 0.05) is 78.6 Å². The van der Waals surface area contributed by atoms with Crippen LogP contribution in [0.25, 0.3) is 10.4 Å². The van der Waals surface area contributed by atoms with Gasteiger partial charge in [-0.25, -0.2) is 47.0 Å². The number of Topliss-reactive ketones (excluding diaryl/α,β-unsaturated/α-hetero) is 3. The largest absolute Gasteiger partial charge is 0.478 e. The van der Waals surface area contributed by atoms with Crippen molar-refractivity contribution in [3.8, 4) is 0 Å².